The standard InChI is InChI=1S/C30H22NO4.Li/c32-29-26(16-20-14-15-27-28(17-20)35-19-34-27)31(18-33-29)30(21-8-2-1-3-9-21)24-12-6-4-10-22(24)23-11-5-7-13-25(23)30;/h1-14,17,26H,16,18-19H2;/q-1;+1. The normalized spacial score (nSPS) is 18.8. The number of ether oxygens (including phenoxy) is 3. The van der Waals surface area contributed by atoms with Gasteiger partial charge < -0.3 is 14.2 Å². The molecule has 0 amide bonds. The Labute approximate surface area is 221 Å². The van der Waals surface area contributed by atoms with Gasteiger partial charge in [0.15, 0.2) is 0 Å². The number of carbonyl (C=O) groups excluding carboxylic acids is 1. The Hall–Kier alpha value is -3.49. The van der Waals surface area contributed by atoms with E-state index in [0.717, 1.165) is 22.3 Å². The minimum Gasteiger partial charge on any atom is -0.516 e. The maximum atomic E-state index is 13.2. The Morgan fingerprint density at radius 1 is 0.861 bits per heavy atom. The second-order valence-corrected chi connectivity index (χ2v) is 9.06. The second kappa shape index (κ2) is 8.87. The molecule has 2 aliphatic heterocycles. The molecular formula is C30H22LiNO4. The summed E-state index contributed by atoms with van der Waals surface area (Å²) in [5, 5.41) is 0. The number of hydrogen-bond donors (Lipinski definition) is 0. The second-order valence-electron chi connectivity index (χ2n) is 9.06. The Morgan fingerprint density at radius 3 is 2.25 bits per heavy atom. The van der Waals surface area contributed by atoms with E-state index in [9.17, 15) is 4.79 Å². The Balaban J connectivity index is 0.00000240. The van der Waals surface area contributed by atoms with Crippen molar-refractivity contribution in [2.45, 2.75) is 18.0 Å². The van der Waals surface area contributed by atoms with Gasteiger partial charge in [0.25, 0.3) is 0 Å². The molecule has 1 fully saturated rings. The minimum atomic E-state index is -0.661. The first kappa shape index (κ1) is 22.9. The van der Waals surface area contributed by atoms with Gasteiger partial charge in [-0.15, -0.1) is 12.1 Å². The van der Waals surface area contributed by atoms with Crippen LogP contribution in [-0.4, -0.2) is 30.4 Å². The zero-order chi connectivity index (χ0) is 23.4. The molecule has 0 spiro atoms. The summed E-state index contributed by atoms with van der Waals surface area (Å²) in [5.41, 5.74) is 6.08. The average molecular weight is 467 g/mol. The molecule has 5 nitrogen and oxygen atoms in total. The number of nitrogens with zero attached hydrogens (tertiary/aromatic N) is 1. The van der Waals surface area contributed by atoms with Crippen molar-refractivity contribution >= 4 is 5.97 Å². The fourth-order valence-electron chi connectivity index (χ4n) is 5.87. The van der Waals surface area contributed by atoms with Crippen LogP contribution in [0.25, 0.3) is 11.1 Å². The molecule has 4 aromatic rings. The Kier molecular flexibility index (Phi) is 5.65. The summed E-state index contributed by atoms with van der Waals surface area (Å²) in [6.45, 7) is 0.396. The van der Waals surface area contributed by atoms with Crippen molar-refractivity contribution in [1.82, 2.24) is 4.90 Å². The van der Waals surface area contributed by atoms with Gasteiger partial charge in [-0.1, -0.05) is 78.9 Å². The van der Waals surface area contributed by atoms with Gasteiger partial charge in [0.2, 0.25) is 6.79 Å². The van der Waals surface area contributed by atoms with E-state index < -0.39 is 11.6 Å². The van der Waals surface area contributed by atoms with E-state index in [1.165, 1.54) is 11.1 Å². The van der Waals surface area contributed by atoms with Gasteiger partial charge in [-0.3, -0.25) is 4.79 Å². The molecule has 3 aliphatic rings. The van der Waals surface area contributed by atoms with Crippen LogP contribution in [0.5, 0.6) is 11.5 Å². The molecule has 4 aromatic carbocycles. The smallest absolute Gasteiger partial charge is 0.516 e. The van der Waals surface area contributed by atoms with E-state index in [0.29, 0.717) is 17.9 Å². The zero-order valence-electron chi connectivity index (χ0n) is 19.9. The summed E-state index contributed by atoms with van der Waals surface area (Å²) < 4.78 is 16.7. The predicted molar refractivity (Wildman–Crippen MR) is 130 cm³/mol. The molecule has 2 heterocycles. The van der Waals surface area contributed by atoms with Crippen molar-refractivity contribution in [2.24, 2.45) is 0 Å². The molecule has 172 valence electrons. The molecule has 36 heavy (non-hydrogen) atoms. The summed E-state index contributed by atoms with van der Waals surface area (Å²) >= 11 is 0. The third-order valence-electron chi connectivity index (χ3n) is 7.32. The molecule has 0 N–H and O–H groups in total. The molecule has 0 saturated carbocycles. The third-order valence-corrected chi connectivity index (χ3v) is 7.32. The summed E-state index contributed by atoms with van der Waals surface area (Å²) in [7, 11) is 0. The largest absolute Gasteiger partial charge is 1.00 e. The first-order chi connectivity index (χ1) is 17.3. The van der Waals surface area contributed by atoms with E-state index in [1.807, 2.05) is 18.2 Å². The van der Waals surface area contributed by atoms with Crippen LogP contribution in [0.2, 0.25) is 0 Å². The third kappa shape index (κ3) is 3.24. The summed E-state index contributed by atoms with van der Waals surface area (Å²) in [4.78, 5) is 15.5. The van der Waals surface area contributed by atoms with E-state index in [1.54, 1.807) is 0 Å². The van der Waals surface area contributed by atoms with Crippen LogP contribution in [0.15, 0.2) is 91.0 Å². The van der Waals surface area contributed by atoms with Crippen molar-refractivity contribution in [2.75, 3.05) is 13.5 Å². The molecule has 7 rings (SSSR count). The van der Waals surface area contributed by atoms with Gasteiger partial charge in [-0.05, 0) is 34.2 Å². The summed E-state index contributed by atoms with van der Waals surface area (Å²) in [6.07, 6.45) is 0.477. The minimum absolute atomic E-state index is 0. The van der Waals surface area contributed by atoms with Crippen LogP contribution >= 0.6 is 0 Å². The van der Waals surface area contributed by atoms with Gasteiger partial charge in [0, 0.05) is 0 Å². The van der Waals surface area contributed by atoms with Crippen LogP contribution < -0.4 is 28.3 Å². The van der Waals surface area contributed by atoms with Crippen LogP contribution in [0, 0.1) is 6.07 Å². The van der Waals surface area contributed by atoms with Crippen molar-refractivity contribution in [3.05, 3.63) is 119 Å². The van der Waals surface area contributed by atoms with Crippen LogP contribution in [0.1, 0.15) is 22.3 Å². The number of benzene rings is 4. The van der Waals surface area contributed by atoms with E-state index >= 15 is 0 Å². The fraction of sp³-hybridized carbons (Fsp3) is 0.167. The topological polar surface area (TPSA) is 48.0 Å². The van der Waals surface area contributed by atoms with Crippen LogP contribution in [0.3, 0.4) is 0 Å². The molecule has 1 saturated heterocycles. The Morgan fingerprint density at radius 2 is 1.53 bits per heavy atom. The first-order valence-corrected chi connectivity index (χ1v) is 11.8. The van der Waals surface area contributed by atoms with Gasteiger partial charge in [-0.25, -0.2) is 4.90 Å². The fourth-order valence-corrected chi connectivity index (χ4v) is 5.87. The van der Waals surface area contributed by atoms with Gasteiger partial charge >= 0.3 is 24.8 Å². The number of fused-ring (bicyclic) bond motifs is 4. The van der Waals surface area contributed by atoms with Gasteiger partial charge in [-0.2, -0.15) is 11.6 Å². The molecule has 0 aromatic heterocycles. The van der Waals surface area contributed by atoms with E-state index in [4.69, 9.17) is 14.2 Å². The average Bonchev–Trinajstić information content (AvgIpc) is 3.60. The van der Waals surface area contributed by atoms with Crippen molar-refractivity contribution in [3.8, 4) is 22.6 Å². The quantitative estimate of drug-likeness (QED) is 0.261. The first-order valence-electron chi connectivity index (χ1n) is 11.8. The monoisotopic (exact) mass is 467 g/mol. The summed E-state index contributed by atoms with van der Waals surface area (Å²) in [5.74, 6) is 1.05. The van der Waals surface area contributed by atoms with Gasteiger partial charge in [0.05, 0.1) is 11.5 Å². The van der Waals surface area contributed by atoms with Crippen molar-refractivity contribution < 1.29 is 37.9 Å². The number of carbonyl (C=O) groups is 1. The SMILES string of the molecule is O=C1OCN(C2(c3ccccc3)c3ccccc3-c3ccccc32)C1Cc1c[c-]c2c(c1)OCO2.[Li+]. The zero-order valence-corrected chi connectivity index (χ0v) is 19.9. The number of hydrogen-bond acceptors (Lipinski definition) is 5. The molecule has 6 heteroatoms. The van der Waals surface area contributed by atoms with Gasteiger partial charge in [0.1, 0.15) is 18.3 Å². The Bertz CT molecular complexity index is 1410. The van der Waals surface area contributed by atoms with Crippen LogP contribution in [0.4, 0.5) is 0 Å². The molecule has 0 bridgehead atoms. The number of esters is 1. The van der Waals surface area contributed by atoms with E-state index in [2.05, 4.69) is 83.8 Å². The maximum Gasteiger partial charge on any atom is 1.00 e. The molecular weight excluding hydrogens is 445 g/mol. The molecule has 0 radical (unpaired) electrons. The van der Waals surface area contributed by atoms with Crippen molar-refractivity contribution in [1.29, 1.82) is 0 Å². The molecule has 1 atom stereocenters. The van der Waals surface area contributed by atoms with E-state index in [-0.39, 0.29) is 38.4 Å². The number of rotatable bonds is 4. The summed E-state index contributed by atoms with van der Waals surface area (Å²) in [6, 6.07) is 33.9. The predicted octanol–water partition coefficient (Wildman–Crippen LogP) is 1.92. The maximum absolute atomic E-state index is 13.2. The van der Waals surface area contributed by atoms with Crippen molar-refractivity contribution in [3.63, 3.8) is 0 Å². The number of cyclic esters (lactones) is 1. The van der Waals surface area contributed by atoms with Crippen LogP contribution in [-0.2, 0) is 21.5 Å². The molecule has 1 unspecified atom stereocenters. The molecule has 1 aliphatic carbocycles.